The molecule has 0 amide bonds. The average Bonchev–Trinajstić information content (AvgIpc) is 3.47. The van der Waals surface area contributed by atoms with E-state index < -0.39 is 11.9 Å². The van der Waals surface area contributed by atoms with E-state index in [4.69, 9.17) is 14.2 Å². The number of fused-ring (bicyclic) bond motifs is 2. The summed E-state index contributed by atoms with van der Waals surface area (Å²) in [5, 5.41) is 6.93. The lowest BCUT2D eigenvalue weighted by molar-refractivity contribution is -0.137. The predicted molar refractivity (Wildman–Crippen MR) is 176 cm³/mol. The molecule has 0 saturated heterocycles. The number of rotatable bonds is 14. The van der Waals surface area contributed by atoms with E-state index in [2.05, 4.69) is 22.1 Å². The SMILES string of the molecule is C=CC(=O)OCCCCCCOc1ccc(C(=O)Oc2cc(/C=N/Nc3nc4ccccc4s3)c(C)c3ccccc23)cc1. The number of hydrogen-bond acceptors (Lipinski definition) is 9. The molecule has 0 aliphatic carbocycles. The Balaban J connectivity index is 1.18. The molecule has 0 unspecified atom stereocenters. The van der Waals surface area contributed by atoms with Gasteiger partial charge in [0, 0.05) is 17.0 Å². The van der Waals surface area contributed by atoms with E-state index in [1.807, 2.05) is 61.5 Å². The molecule has 0 saturated carbocycles. The monoisotopic (exact) mass is 607 g/mol. The summed E-state index contributed by atoms with van der Waals surface area (Å²) in [5.74, 6) is 0.286. The van der Waals surface area contributed by atoms with E-state index in [9.17, 15) is 9.59 Å². The van der Waals surface area contributed by atoms with Gasteiger partial charge in [-0.15, -0.1) is 0 Å². The molecule has 0 radical (unpaired) electrons. The van der Waals surface area contributed by atoms with Crippen LogP contribution in [0.15, 0.2) is 96.6 Å². The van der Waals surface area contributed by atoms with Crippen molar-refractivity contribution in [1.29, 1.82) is 0 Å². The van der Waals surface area contributed by atoms with Gasteiger partial charge in [0.15, 0.2) is 0 Å². The van der Waals surface area contributed by atoms with Crippen molar-refractivity contribution in [2.45, 2.75) is 32.6 Å². The molecular weight excluding hydrogens is 574 g/mol. The predicted octanol–water partition coefficient (Wildman–Crippen LogP) is 8.09. The minimum atomic E-state index is -0.460. The largest absolute Gasteiger partial charge is 0.494 e. The van der Waals surface area contributed by atoms with Gasteiger partial charge in [0.1, 0.15) is 11.5 Å². The molecule has 5 aromatic rings. The first kappa shape index (κ1) is 30.4. The molecule has 8 nitrogen and oxygen atoms in total. The number of aromatic nitrogens is 1. The number of esters is 2. The second-order valence-electron chi connectivity index (χ2n) is 10.0. The van der Waals surface area contributed by atoms with Crippen LogP contribution in [0, 0.1) is 6.92 Å². The normalized spacial score (nSPS) is 11.1. The fraction of sp³-hybridized carbons (Fsp3) is 0.200. The van der Waals surface area contributed by atoms with E-state index in [1.165, 1.54) is 17.4 Å². The summed E-state index contributed by atoms with van der Waals surface area (Å²) in [7, 11) is 0. The Morgan fingerprint density at radius 1 is 0.932 bits per heavy atom. The molecule has 44 heavy (non-hydrogen) atoms. The quantitative estimate of drug-likeness (QED) is 0.0340. The number of unbranched alkanes of at least 4 members (excludes halogenated alkanes) is 3. The number of anilines is 1. The first-order chi connectivity index (χ1) is 21.5. The Kier molecular flexibility index (Phi) is 10.3. The van der Waals surface area contributed by atoms with Crippen molar-refractivity contribution in [3.63, 3.8) is 0 Å². The molecule has 1 aromatic heterocycles. The van der Waals surface area contributed by atoms with Gasteiger partial charge in [0.2, 0.25) is 5.13 Å². The van der Waals surface area contributed by atoms with Gasteiger partial charge >= 0.3 is 11.9 Å². The Labute approximate surface area is 260 Å². The molecule has 1 N–H and O–H groups in total. The molecule has 0 atom stereocenters. The summed E-state index contributed by atoms with van der Waals surface area (Å²) in [6.45, 7) is 6.36. The molecule has 9 heteroatoms. The lowest BCUT2D eigenvalue weighted by atomic mass is 9.99. The summed E-state index contributed by atoms with van der Waals surface area (Å²) in [6, 6.07) is 24.5. The summed E-state index contributed by atoms with van der Waals surface area (Å²) in [4.78, 5) is 28.7. The zero-order chi connectivity index (χ0) is 30.7. The lowest BCUT2D eigenvalue weighted by Crippen LogP contribution is -2.09. The Hall–Kier alpha value is -5.02. The molecular formula is C35H33N3O5S. The van der Waals surface area contributed by atoms with Crippen molar-refractivity contribution < 1.29 is 23.8 Å². The van der Waals surface area contributed by atoms with Crippen LogP contribution in [0.3, 0.4) is 0 Å². The first-order valence-electron chi connectivity index (χ1n) is 14.4. The van der Waals surface area contributed by atoms with Crippen LogP contribution in [0.1, 0.15) is 47.2 Å². The van der Waals surface area contributed by atoms with Crippen molar-refractivity contribution in [3.05, 3.63) is 108 Å². The van der Waals surface area contributed by atoms with E-state index in [-0.39, 0.29) is 0 Å². The highest BCUT2D eigenvalue weighted by atomic mass is 32.1. The molecule has 0 spiro atoms. The maximum Gasteiger partial charge on any atom is 0.343 e. The molecule has 5 rings (SSSR count). The van der Waals surface area contributed by atoms with Gasteiger partial charge in [-0.05, 0) is 86.0 Å². The van der Waals surface area contributed by atoms with Crippen LogP contribution in [0.5, 0.6) is 11.5 Å². The van der Waals surface area contributed by atoms with Crippen LogP contribution in [-0.2, 0) is 9.53 Å². The third-order valence-electron chi connectivity index (χ3n) is 6.98. The van der Waals surface area contributed by atoms with Gasteiger partial charge in [0.25, 0.3) is 0 Å². The second-order valence-corrected chi connectivity index (χ2v) is 11.1. The van der Waals surface area contributed by atoms with Gasteiger partial charge in [-0.1, -0.05) is 54.3 Å². The van der Waals surface area contributed by atoms with Crippen molar-refractivity contribution in [1.82, 2.24) is 4.98 Å². The van der Waals surface area contributed by atoms with Gasteiger partial charge in [-0.2, -0.15) is 5.10 Å². The summed E-state index contributed by atoms with van der Waals surface area (Å²) >= 11 is 1.53. The van der Waals surface area contributed by atoms with Crippen LogP contribution in [0.25, 0.3) is 21.0 Å². The molecule has 4 aromatic carbocycles. The molecule has 0 fully saturated rings. The van der Waals surface area contributed by atoms with E-state index in [0.29, 0.717) is 35.4 Å². The number of ether oxygens (including phenoxy) is 3. The van der Waals surface area contributed by atoms with E-state index in [1.54, 1.807) is 30.5 Å². The first-order valence-corrected chi connectivity index (χ1v) is 15.2. The fourth-order valence-corrected chi connectivity index (χ4v) is 5.44. The Morgan fingerprint density at radius 2 is 1.66 bits per heavy atom. The van der Waals surface area contributed by atoms with Crippen molar-refractivity contribution in [2.75, 3.05) is 18.6 Å². The van der Waals surface area contributed by atoms with E-state index in [0.717, 1.165) is 57.8 Å². The van der Waals surface area contributed by atoms with Crippen molar-refractivity contribution in [3.8, 4) is 11.5 Å². The van der Waals surface area contributed by atoms with Gasteiger partial charge in [0.05, 0.1) is 35.2 Å². The summed E-state index contributed by atoms with van der Waals surface area (Å²) in [5.41, 5.74) is 6.20. The number of thiazole rings is 1. The topological polar surface area (TPSA) is 99.1 Å². The van der Waals surface area contributed by atoms with Gasteiger partial charge in [-0.25, -0.2) is 14.6 Å². The number of carbonyl (C=O) groups excluding carboxylic acids is 2. The maximum absolute atomic E-state index is 13.1. The van der Waals surface area contributed by atoms with Gasteiger partial charge in [-0.3, -0.25) is 5.43 Å². The smallest absolute Gasteiger partial charge is 0.343 e. The second kappa shape index (κ2) is 14.9. The minimum absolute atomic E-state index is 0.392. The highest BCUT2D eigenvalue weighted by molar-refractivity contribution is 7.22. The maximum atomic E-state index is 13.1. The molecule has 0 aliphatic rings. The van der Waals surface area contributed by atoms with E-state index >= 15 is 0 Å². The van der Waals surface area contributed by atoms with Crippen LogP contribution >= 0.6 is 11.3 Å². The zero-order valence-corrected chi connectivity index (χ0v) is 25.3. The molecule has 0 aliphatic heterocycles. The number of nitrogens with zero attached hydrogens (tertiary/aromatic N) is 2. The number of benzene rings is 4. The Morgan fingerprint density at radius 3 is 2.43 bits per heavy atom. The highest BCUT2D eigenvalue weighted by Crippen LogP contribution is 2.32. The van der Waals surface area contributed by atoms with Crippen LogP contribution in [0.2, 0.25) is 0 Å². The van der Waals surface area contributed by atoms with Crippen LogP contribution < -0.4 is 14.9 Å². The highest BCUT2D eigenvalue weighted by Gasteiger charge is 2.15. The number of aryl methyl sites for hydroxylation is 1. The minimum Gasteiger partial charge on any atom is -0.494 e. The van der Waals surface area contributed by atoms with Crippen LogP contribution in [0.4, 0.5) is 5.13 Å². The van der Waals surface area contributed by atoms with Crippen LogP contribution in [-0.4, -0.2) is 36.4 Å². The standard InChI is InChI=1S/C35H33N3O5S/c1-3-33(39)42-21-11-5-4-10-20-41-27-18-16-25(17-19-27)34(40)43-31-22-26(24(2)28-12-6-7-13-29(28)31)23-36-38-35-37-30-14-8-9-15-32(30)44-35/h3,6-9,12-19,22-23H,1,4-5,10-11,20-21H2,2H3,(H,37,38)/b36-23+. The number of hydrogen-bond donors (Lipinski definition) is 1. The van der Waals surface area contributed by atoms with Gasteiger partial charge < -0.3 is 14.2 Å². The summed E-state index contributed by atoms with van der Waals surface area (Å²) < 4.78 is 17.8. The van der Waals surface area contributed by atoms with Crippen molar-refractivity contribution >= 4 is 55.6 Å². The Bertz CT molecular complexity index is 1760. The zero-order valence-electron chi connectivity index (χ0n) is 24.5. The third-order valence-corrected chi connectivity index (χ3v) is 7.93. The van der Waals surface area contributed by atoms with Crippen molar-refractivity contribution in [2.24, 2.45) is 5.10 Å². The molecule has 224 valence electrons. The number of para-hydroxylation sites is 1. The third kappa shape index (κ3) is 7.87. The molecule has 0 bridgehead atoms. The molecule has 1 heterocycles. The number of carbonyl (C=O) groups is 2. The lowest BCUT2D eigenvalue weighted by Gasteiger charge is -2.13. The number of hydrazone groups is 1. The fourth-order valence-electron chi connectivity index (χ4n) is 4.63. The average molecular weight is 608 g/mol. The summed E-state index contributed by atoms with van der Waals surface area (Å²) in [6.07, 6.45) is 6.48. The number of nitrogens with one attached hydrogen (secondary N) is 1.